The van der Waals surface area contributed by atoms with Gasteiger partial charge in [-0.3, -0.25) is 0 Å². The van der Waals surface area contributed by atoms with Crippen molar-refractivity contribution in [1.82, 2.24) is 0 Å². The number of rotatable bonds is 2. The second kappa shape index (κ2) is 4.98. The fourth-order valence-electron chi connectivity index (χ4n) is 2.81. The molecule has 2 saturated carbocycles. The van der Waals surface area contributed by atoms with Gasteiger partial charge in [-0.25, -0.2) is 0 Å². The van der Waals surface area contributed by atoms with Crippen molar-refractivity contribution in [3.05, 3.63) is 22.8 Å². The fourth-order valence-corrected chi connectivity index (χ4v) is 2.81. The Kier molecular flexibility index (Phi) is 3.63. The highest BCUT2D eigenvalue weighted by atomic mass is 16.3. The number of aliphatic hydroxyl groups excluding tert-OH is 1. The lowest BCUT2D eigenvalue weighted by Gasteiger charge is -2.10. The minimum absolute atomic E-state index is 0.218. The molecule has 0 aromatic carbocycles. The van der Waals surface area contributed by atoms with E-state index >= 15 is 0 Å². The summed E-state index contributed by atoms with van der Waals surface area (Å²) in [5, 5.41) is 10.2. The average Bonchev–Trinajstić information content (AvgIpc) is 2.84. The Morgan fingerprint density at radius 2 is 1.93 bits per heavy atom. The van der Waals surface area contributed by atoms with E-state index in [2.05, 4.69) is 13.0 Å². The van der Waals surface area contributed by atoms with Crippen molar-refractivity contribution in [2.45, 2.75) is 64.4 Å². The van der Waals surface area contributed by atoms with Gasteiger partial charge in [0.05, 0.1) is 6.10 Å². The third-order valence-corrected chi connectivity index (χ3v) is 3.72. The van der Waals surface area contributed by atoms with E-state index in [9.17, 15) is 5.11 Å². The molecule has 1 nitrogen and oxygen atoms in total. The maximum Gasteiger partial charge on any atom is 0.0963 e. The van der Waals surface area contributed by atoms with Gasteiger partial charge >= 0.3 is 0 Å². The topological polar surface area (TPSA) is 20.2 Å². The highest BCUT2D eigenvalue weighted by Crippen LogP contribution is 2.38. The van der Waals surface area contributed by atoms with Crippen molar-refractivity contribution in [2.24, 2.45) is 0 Å². The quantitative estimate of drug-likeness (QED) is 0.682. The van der Waals surface area contributed by atoms with E-state index in [4.69, 9.17) is 0 Å². The molecule has 2 fully saturated rings. The van der Waals surface area contributed by atoms with E-state index in [1.54, 1.807) is 5.57 Å². The first-order valence-corrected chi connectivity index (χ1v) is 6.40. The van der Waals surface area contributed by atoms with Gasteiger partial charge in [-0.15, -0.1) is 0 Å². The summed E-state index contributed by atoms with van der Waals surface area (Å²) < 4.78 is 0. The summed E-state index contributed by atoms with van der Waals surface area (Å²) in [6.07, 6.45) is 11.7. The van der Waals surface area contributed by atoms with Gasteiger partial charge in [0.2, 0.25) is 0 Å². The van der Waals surface area contributed by atoms with E-state index in [1.807, 2.05) is 0 Å². The molecule has 0 saturated heterocycles. The van der Waals surface area contributed by atoms with Crippen molar-refractivity contribution in [2.75, 3.05) is 0 Å². The maximum atomic E-state index is 10.2. The molecule has 0 aromatic rings. The largest absolute Gasteiger partial charge is 0.384 e. The zero-order valence-corrected chi connectivity index (χ0v) is 9.76. The first kappa shape index (κ1) is 10.9. The zero-order chi connectivity index (χ0) is 10.7. The Morgan fingerprint density at radius 3 is 2.60 bits per heavy atom. The molecule has 1 unspecified atom stereocenters. The molecule has 1 atom stereocenters. The van der Waals surface area contributed by atoms with Crippen molar-refractivity contribution < 1.29 is 5.11 Å². The summed E-state index contributed by atoms with van der Waals surface area (Å²) in [5.41, 5.74) is 4.23. The summed E-state index contributed by atoms with van der Waals surface area (Å²) in [6.45, 7) is 2.19. The van der Waals surface area contributed by atoms with Gasteiger partial charge in [-0.1, -0.05) is 25.0 Å². The molecule has 84 valence electrons. The van der Waals surface area contributed by atoms with Crippen LogP contribution in [0.15, 0.2) is 22.8 Å². The second-order valence-electron chi connectivity index (χ2n) is 4.81. The van der Waals surface area contributed by atoms with Gasteiger partial charge in [0.25, 0.3) is 0 Å². The van der Waals surface area contributed by atoms with Crippen molar-refractivity contribution >= 4 is 0 Å². The Bertz CT molecular complexity index is 278. The van der Waals surface area contributed by atoms with Gasteiger partial charge in [0, 0.05) is 0 Å². The van der Waals surface area contributed by atoms with Crippen LogP contribution in [0.1, 0.15) is 58.3 Å². The van der Waals surface area contributed by atoms with Gasteiger partial charge < -0.3 is 5.11 Å². The fraction of sp³-hybridized carbons (Fsp3) is 0.714. The monoisotopic (exact) mass is 206 g/mol. The molecule has 2 aliphatic carbocycles. The number of hydrogen-bond donors (Lipinski definition) is 1. The van der Waals surface area contributed by atoms with Gasteiger partial charge in [-0.05, 0) is 56.1 Å². The third-order valence-electron chi connectivity index (χ3n) is 3.72. The predicted octanol–water partition coefficient (Wildman–Crippen LogP) is 3.74. The van der Waals surface area contributed by atoms with Crippen LogP contribution in [0.5, 0.6) is 0 Å². The van der Waals surface area contributed by atoms with E-state index in [1.165, 1.54) is 43.3 Å². The molecule has 2 rings (SSSR count). The van der Waals surface area contributed by atoms with Gasteiger partial charge in [-0.2, -0.15) is 0 Å². The van der Waals surface area contributed by atoms with Crippen LogP contribution >= 0.6 is 0 Å². The first-order chi connectivity index (χ1) is 7.33. The molecule has 0 amide bonds. The van der Waals surface area contributed by atoms with Crippen LogP contribution in [0.25, 0.3) is 0 Å². The van der Waals surface area contributed by atoms with Crippen molar-refractivity contribution in [3.8, 4) is 0 Å². The van der Waals surface area contributed by atoms with E-state index in [0.29, 0.717) is 0 Å². The SMILES string of the molecule is CCCC=C1CCC(=C2CCCC2)C1O. The molecule has 0 aliphatic heterocycles. The van der Waals surface area contributed by atoms with Gasteiger partial charge in [0.1, 0.15) is 0 Å². The molecule has 15 heavy (non-hydrogen) atoms. The van der Waals surface area contributed by atoms with E-state index < -0.39 is 0 Å². The molecule has 1 N–H and O–H groups in total. The highest BCUT2D eigenvalue weighted by Gasteiger charge is 2.27. The van der Waals surface area contributed by atoms with Crippen LogP contribution in [-0.2, 0) is 0 Å². The predicted molar refractivity (Wildman–Crippen MR) is 63.7 cm³/mol. The summed E-state index contributed by atoms with van der Waals surface area (Å²) in [4.78, 5) is 0. The number of unbranched alkanes of at least 4 members (excludes halogenated alkanes) is 1. The normalized spacial score (nSPS) is 29.5. The average molecular weight is 206 g/mol. The van der Waals surface area contributed by atoms with Crippen molar-refractivity contribution in [1.29, 1.82) is 0 Å². The number of hydrogen-bond acceptors (Lipinski definition) is 1. The number of allylic oxidation sites excluding steroid dienone is 2. The number of aliphatic hydroxyl groups is 1. The molecule has 0 aromatic heterocycles. The lowest BCUT2D eigenvalue weighted by Crippen LogP contribution is -2.07. The third kappa shape index (κ3) is 2.34. The molecular formula is C14H22O. The standard InChI is InChI=1S/C14H22O/c1-2-3-6-12-9-10-13(14(12)15)11-7-4-5-8-11/h6,14-15H,2-5,7-10H2,1H3. The van der Waals surface area contributed by atoms with E-state index in [-0.39, 0.29) is 6.10 Å². The summed E-state index contributed by atoms with van der Waals surface area (Å²) in [6, 6.07) is 0. The summed E-state index contributed by atoms with van der Waals surface area (Å²) in [7, 11) is 0. The molecular weight excluding hydrogens is 184 g/mol. The molecule has 0 spiro atoms. The smallest absolute Gasteiger partial charge is 0.0963 e. The van der Waals surface area contributed by atoms with Crippen LogP contribution in [0.3, 0.4) is 0 Å². The van der Waals surface area contributed by atoms with Crippen LogP contribution in [0, 0.1) is 0 Å². The molecule has 0 bridgehead atoms. The van der Waals surface area contributed by atoms with Crippen LogP contribution in [0.2, 0.25) is 0 Å². The van der Waals surface area contributed by atoms with Crippen LogP contribution in [0.4, 0.5) is 0 Å². The minimum Gasteiger partial charge on any atom is -0.384 e. The maximum absolute atomic E-state index is 10.2. The van der Waals surface area contributed by atoms with E-state index in [0.717, 1.165) is 19.3 Å². The Labute approximate surface area is 92.9 Å². The zero-order valence-electron chi connectivity index (χ0n) is 9.76. The molecule has 1 heteroatoms. The highest BCUT2D eigenvalue weighted by molar-refractivity contribution is 5.35. The van der Waals surface area contributed by atoms with Crippen molar-refractivity contribution in [3.63, 3.8) is 0 Å². The first-order valence-electron chi connectivity index (χ1n) is 6.40. The van der Waals surface area contributed by atoms with Crippen LogP contribution < -0.4 is 0 Å². The molecule has 2 aliphatic rings. The lowest BCUT2D eigenvalue weighted by atomic mass is 10.0. The summed E-state index contributed by atoms with van der Waals surface area (Å²) in [5.74, 6) is 0. The minimum atomic E-state index is -0.218. The van der Waals surface area contributed by atoms with Gasteiger partial charge in [0.15, 0.2) is 0 Å². The Hall–Kier alpha value is -0.560. The Morgan fingerprint density at radius 1 is 1.20 bits per heavy atom. The Balaban J connectivity index is 2.09. The lowest BCUT2D eigenvalue weighted by molar-refractivity contribution is 0.253. The van der Waals surface area contributed by atoms with Crippen LogP contribution in [-0.4, -0.2) is 11.2 Å². The molecule has 0 heterocycles. The second-order valence-corrected chi connectivity index (χ2v) is 4.81. The summed E-state index contributed by atoms with van der Waals surface area (Å²) >= 11 is 0. The molecule has 0 radical (unpaired) electrons.